The summed E-state index contributed by atoms with van der Waals surface area (Å²) in [6.45, 7) is 1.91. The minimum atomic E-state index is -0.665. The van der Waals surface area contributed by atoms with Gasteiger partial charge in [0.25, 0.3) is 0 Å². The van der Waals surface area contributed by atoms with Crippen LogP contribution in [0.25, 0.3) is 0 Å². The van der Waals surface area contributed by atoms with Gasteiger partial charge in [-0.15, -0.1) is 0 Å². The van der Waals surface area contributed by atoms with E-state index in [0.717, 1.165) is 43.6 Å². The zero-order valence-electron chi connectivity index (χ0n) is 13.7. The maximum Gasteiger partial charge on any atom is 0.191 e. The second-order valence-corrected chi connectivity index (χ2v) is 8.17. The van der Waals surface area contributed by atoms with E-state index in [0.29, 0.717) is 12.8 Å². The highest BCUT2D eigenvalue weighted by molar-refractivity contribution is 6.14. The fourth-order valence-electron chi connectivity index (χ4n) is 6.13. The highest BCUT2D eigenvalue weighted by Crippen LogP contribution is 2.57. The van der Waals surface area contributed by atoms with Gasteiger partial charge in [-0.25, -0.2) is 0 Å². The van der Waals surface area contributed by atoms with Gasteiger partial charge in [-0.05, 0) is 56.2 Å². The summed E-state index contributed by atoms with van der Waals surface area (Å²) in [7, 11) is 0. The minimum Gasteiger partial charge on any atom is -0.390 e. The first-order valence-corrected chi connectivity index (χ1v) is 9.08. The molecule has 0 aromatic heterocycles. The van der Waals surface area contributed by atoms with Crippen LogP contribution in [0.1, 0.15) is 42.5 Å². The lowest BCUT2D eigenvalue weighted by Gasteiger charge is -2.50. The molecule has 1 saturated carbocycles. The van der Waals surface area contributed by atoms with Crippen molar-refractivity contribution >= 4 is 11.5 Å². The van der Waals surface area contributed by atoms with Crippen LogP contribution in [-0.4, -0.2) is 57.8 Å². The summed E-state index contributed by atoms with van der Waals surface area (Å²) in [4.78, 5) is 15.8. The van der Waals surface area contributed by atoms with Gasteiger partial charge in [-0.1, -0.05) is 12.1 Å². The Labute approximate surface area is 141 Å². The SMILES string of the molecule is O=C1c2ccccc2N[C@@]12CCN1CCCC3(C[C@@H](O)[C@@H](O)C3)[C@@H]12. The van der Waals surface area contributed by atoms with Gasteiger partial charge >= 0.3 is 0 Å². The average molecular weight is 328 g/mol. The Kier molecular flexibility index (Phi) is 2.98. The molecule has 24 heavy (non-hydrogen) atoms. The number of hydrogen-bond donors (Lipinski definition) is 3. The molecule has 3 heterocycles. The normalized spacial score (nSPS) is 44.1. The monoisotopic (exact) mass is 328 g/mol. The third kappa shape index (κ3) is 1.73. The fourth-order valence-corrected chi connectivity index (χ4v) is 6.13. The smallest absolute Gasteiger partial charge is 0.191 e. The first-order chi connectivity index (χ1) is 11.6. The molecule has 4 aliphatic rings. The number of ketones is 1. The molecule has 3 N–H and O–H groups in total. The van der Waals surface area contributed by atoms with E-state index >= 15 is 0 Å². The molecule has 128 valence electrons. The molecular weight excluding hydrogens is 304 g/mol. The average Bonchev–Trinajstić information content (AvgIpc) is 3.17. The van der Waals surface area contributed by atoms with Crippen LogP contribution in [0.5, 0.6) is 0 Å². The Morgan fingerprint density at radius 2 is 1.83 bits per heavy atom. The molecule has 0 amide bonds. The summed E-state index contributed by atoms with van der Waals surface area (Å²) in [5.74, 6) is 0.197. The van der Waals surface area contributed by atoms with Gasteiger partial charge in [0, 0.05) is 23.8 Å². The van der Waals surface area contributed by atoms with Gasteiger partial charge in [-0.2, -0.15) is 0 Å². The van der Waals surface area contributed by atoms with Crippen molar-refractivity contribution in [1.29, 1.82) is 0 Å². The van der Waals surface area contributed by atoms with E-state index in [2.05, 4.69) is 10.2 Å². The van der Waals surface area contributed by atoms with Crippen LogP contribution in [0.3, 0.4) is 0 Å². The van der Waals surface area contributed by atoms with Gasteiger partial charge < -0.3 is 15.5 Å². The molecule has 5 nitrogen and oxygen atoms in total. The molecule has 5 rings (SSSR count). The number of nitrogens with zero attached hydrogens (tertiary/aromatic N) is 1. The van der Waals surface area contributed by atoms with E-state index in [4.69, 9.17) is 0 Å². The van der Waals surface area contributed by atoms with Crippen LogP contribution < -0.4 is 5.32 Å². The van der Waals surface area contributed by atoms with Crippen LogP contribution in [0.4, 0.5) is 5.69 Å². The molecule has 2 spiro atoms. The molecule has 0 bridgehead atoms. The molecule has 3 aliphatic heterocycles. The van der Waals surface area contributed by atoms with Crippen molar-refractivity contribution in [1.82, 2.24) is 4.90 Å². The Bertz CT molecular complexity index is 696. The lowest BCUT2D eigenvalue weighted by atomic mass is 9.64. The topological polar surface area (TPSA) is 72.8 Å². The Morgan fingerprint density at radius 3 is 2.58 bits per heavy atom. The van der Waals surface area contributed by atoms with Crippen molar-refractivity contribution in [2.24, 2.45) is 5.41 Å². The lowest BCUT2D eigenvalue weighted by molar-refractivity contribution is 0.0118. The molecule has 1 aliphatic carbocycles. The van der Waals surface area contributed by atoms with E-state index in [-0.39, 0.29) is 17.2 Å². The van der Waals surface area contributed by atoms with Crippen molar-refractivity contribution in [3.05, 3.63) is 29.8 Å². The predicted molar refractivity (Wildman–Crippen MR) is 90.0 cm³/mol. The van der Waals surface area contributed by atoms with Crippen molar-refractivity contribution in [2.45, 2.75) is 55.9 Å². The van der Waals surface area contributed by atoms with Gasteiger partial charge in [0.15, 0.2) is 5.78 Å². The molecule has 2 saturated heterocycles. The molecule has 3 fully saturated rings. The van der Waals surface area contributed by atoms with E-state index in [1.54, 1.807) is 0 Å². The Hall–Kier alpha value is -1.43. The summed E-state index contributed by atoms with van der Waals surface area (Å²) in [5.41, 5.74) is 0.968. The number of piperidine rings is 1. The summed E-state index contributed by atoms with van der Waals surface area (Å²) in [6.07, 6.45) is 2.73. The first kappa shape index (κ1) is 14.9. The van der Waals surface area contributed by atoms with Crippen LogP contribution in [-0.2, 0) is 0 Å². The quantitative estimate of drug-likeness (QED) is 0.671. The Morgan fingerprint density at radius 1 is 1.08 bits per heavy atom. The highest BCUT2D eigenvalue weighted by atomic mass is 16.3. The third-order valence-electron chi connectivity index (χ3n) is 6.94. The Balaban J connectivity index is 1.60. The lowest BCUT2D eigenvalue weighted by Crippen LogP contribution is -2.62. The van der Waals surface area contributed by atoms with Gasteiger partial charge in [0.2, 0.25) is 0 Å². The number of carbonyl (C=O) groups is 1. The molecule has 1 unspecified atom stereocenters. The van der Waals surface area contributed by atoms with E-state index in [1.807, 2.05) is 24.3 Å². The summed E-state index contributed by atoms with van der Waals surface area (Å²) in [5, 5.41) is 24.0. The molecular formula is C19H24N2O3. The van der Waals surface area contributed by atoms with Crippen molar-refractivity contribution < 1.29 is 15.0 Å². The number of aliphatic hydroxyl groups is 2. The molecule has 5 heteroatoms. The fraction of sp³-hybridized carbons (Fsp3) is 0.632. The zero-order valence-corrected chi connectivity index (χ0v) is 13.7. The van der Waals surface area contributed by atoms with Crippen molar-refractivity contribution in [3.63, 3.8) is 0 Å². The van der Waals surface area contributed by atoms with Crippen LogP contribution >= 0.6 is 0 Å². The molecule has 1 aromatic rings. The maximum atomic E-state index is 13.4. The highest BCUT2D eigenvalue weighted by Gasteiger charge is 2.66. The predicted octanol–water partition coefficient (Wildman–Crippen LogP) is 1.40. The molecule has 0 radical (unpaired) electrons. The number of para-hydroxylation sites is 1. The van der Waals surface area contributed by atoms with Crippen LogP contribution in [0.2, 0.25) is 0 Å². The summed E-state index contributed by atoms with van der Waals surface area (Å²) >= 11 is 0. The number of fused-ring (bicyclic) bond motifs is 4. The molecule has 1 aromatic carbocycles. The largest absolute Gasteiger partial charge is 0.390 e. The van der Waals surface area contributed by atoms with Crippen LogP contribution in [0.15, 0.2) is 24.3 Å². The number of benzene rings is 1. The van der Waals surface area contributed by atoms with Gasteiger partial charge in [0.1, 0.15) is 5.54 Å². The number of nitrogens with one attached hydrogen (secondary N) is 1. The standard InChI is InChI=1S/C19H24N2O3/c22-14-10-18(11-15(14)23)6-3-8-21-9-7-19(17(18)21)16(24)12-4-1-2-5-13(12)20-19/h1-2,4-5,14-15,17,20,22-23H,3,6-11H2/t14-,15+,17-,18?,19+/m1/s1. The first-order valence-electron chi connectivity index (χ1n) is 9.08. The molecule has 5 atom stereocenters. The third-order valence-corrected chi connectivity index (χ3v) is 6.94. The zero-order chi connectivity index (χ0) is 16.5. The van der Waals surface area contributed by atoms with E-state index in [1.165, 1.54) is 0 Å². The van der Waals surface area contributed by atoms with Crippen molar-refractivity contribution in [3.8, 4) is 0 Å². The number of carbonyl (C=O) groups excluding carboxylic acids is 1. The minimum absolute atomic E-state index is 0.0606. The number of aliphatic hydroxyl groups excluding tert-OH is 2. The van der Waals surface area contributed by atoms with Gasteiger partial charge in [0.05, 0.1) is 12.2 Å². The van der Waals surface area contributed by atoms with Crippen molar-refractivity contribution in [2.75, 3.05) is 18.4 Å². The summed E-state index contributed by atoms with van der Waals surface area (Å²) < 4.78 is 0. The van der Waals surface area contributed by atoms with E-state index < -0.39 is 17.7 Å². The maximum absolute atomic E-state index is 13.4. The number of Topliss-reactive ketones (excluding diaryl/α,β-unsaturated/α-hetero) is 1. The second-order valence-electron chi connectivity index (χ2n) is 8.17. The van der Waals surface area contributed by atoms with Gasteiger partial charge in [-0.3, -0.25) is 9.69 Å². The van der Waals surface area contributed by atoms with Crippen LogP contribution in [0, 0.1) is 5.41 Å². The number of rotatable bonds is 0. The number of hydrogen-bond acceptors (Lipinski definition) is 5. The number of anilines is 1. The second kappa shape index (κ2) is 4.81. The van der Waals surface area contributed by atoms with E-state index in [9.17, 15) is 15.0 Å². The summed E-state index contributed by atoms with van der Waals surface area (Å²) in [6, 6.07) is 7.84.